The van der Waals surface area contributed by atoms with Crippen molar-refractivity contribution in [1.82, 2.24) is 0 Å². The second-order valence-electron chi connectivity index (χ2n) is 27.8. The fourth-order valence-electron chi connectivity index (χ4n) is 15.9. The van der Waals surface area contributed by atoms with Gasteiger partial charge in [-0.25, -0.2) is 0 Å². The van der Waals surface area contributed by atoms with Crippen molar-refractivity contribution < 1.29 is 0 Å². The lowest BCUT2D eigenvalue weighted by molar-refractivity contribution is 0.729. The molecule has 446 valence electrons. The molecular weight excluding hydrogens is 1100 g/mol. The van der Waals surface area contributed by atoms with Gasteiger partial charge in [0, 0.05) is 5.69 Å². The number of para-hydroxylation sites is 2. The zero-order valence-corrected chi connectivity index (χ0v) is 56.5. The van der Waals surface area contributed by atoms with E-state index in [9.17, 15) is 0 Å². The van der Waals surface area contributed by atoms with Crippen molar-refractivity contribution in [1.29, 1.82) is 0 Å². The molecule has 2 aliphatic rings. The molecule has 0 aromatic heterocycles. The summed E-state index contributed by atoms with van der Waals surface area (Å²) in [5, 5.41) is 4.25. The van der Waals surface area contributed by atoms with Gasteiger partial charge in [-0.2, -0.15) is 0 Å². The maximum atomic E-state index is 2.62. The van der Waals surface area contributed by atoms with Gasteiger partial charge in [-0.15, -0.1) is 0 Å². The van der Waals surface area contributed by atoms with Gasteiger partial charge < -0.3 is 4.90 Å². The zero-order chi connectivity index (χ0) is 62.7. The molecule has 0 fully saturated rings. The highest BCUT2D eigenvalue weighted by Gasteiger charge is 2.49. The molecular formula is C86H87B2NSi. The van der Waals surface area contributed by atoms with Crippen molar-refractivity contribution in [2.24, 2.45) is 0 Å². The van der Waals surface area contributed by atoms with Gasteiger partial charge in [0.15, 0.2) is 0 Å². The van der Waals surface area contributed by atoms with Crippen LogP contribution in [0.4, 0.5) is 17.1 Å². The number of rotatable bonds is 15. The summed E-state index contributed by atoms with van der Waals surface area (Å²) < 4.78 is 0. The highest BCUT2D eigenvalue weighted by molar-refractivity contribution is 7.11. The molecule has 0 spiro atoms. The molecule has 0 atom stereocenters. The summed E-state index contributed by atoms with van der Waals surface area (Å²) in [6, 6.07) is 96.9. The normalized spacial score (nSPS) is 13.4. The number of aryl methyl sites for hydroxylation is 1. The van der Waals surface area contributed by atoms with E-state index in [4.69, 9.17) is 0 Å². The summed E-state index contributed by atoms with van der Waals surface area (Å²) in [4.78, 5) is 2.55. The van der Waals surface area contributed by atoms with Crippen LogP contribution in [-0.2, 0) is 5.41 Å². The van der Waals surface area contributed by atoms with Crippen LogP contribution in [0.15, 0.2) is 249 Å². The van der Waals surface area contributed by atoms with Crippen molar-refractivity contribution >= 4 is 87.6 Å². The fourth-order valence-corrected chi connectivity index (χ4v) is 19.2. The standard InChI is InChI=1S/C86H87B2NSi/c1-55(2)64-50-69(57(5)6)84(70(51-64)58(7)8)87-77-39-25-26-40-78(77)88(85-71(59(9)10)52-65(56(3)4)53-72(85)60(11)12)80-54-63(46-49-79(80)87)62-44-47-66(48-45-62)89-81-41-27-22-36-74(81)86(73-35-21-20-30-61(73)13,75-37-23-28-42-82(75)89)76-38-24-29-43-83(76)90(67-31-16-14-17-32-67)68-33-18-15-19-34-68/h14-60,90H,1-13H3. The molecule has 11 aromatic rings. The molecule has 13 rings (SSSR count). The molecule has 11 aromatic carbocycles. The lowest BCUT2D eigenvalue weighted by Crippen LogP contribution is -2.76. The second kappa shape index (κ2) is 24.7. The molecule has 0 aliphatic carbocycles. The van der Waals surface area contributed by atoms with Gasteiger partial charge in [-0.05, 0) is 144 Å². The quantitative estimate of drug-likeness (QED) is 0.0730. The van der Waals surface area contributed by atoms with Crippen molar-refractivity contribution in [3.8, 4) is 11.1 Å². The van der Waals surface area contributed by atoms with E-state index in [2.05, 4.69) is 344 Å². The molecule has 4 heteroatoms. The lowest BCUT2D eigenvalue weighted by Gasteiger charge is -2.48. The molecule has 0 radical (unpaired) electrons. The van der Waals surface area contributed by atoms with Crippen LogP contribution < -0.4 is 53.2 Å². The highest BCUT2D eigenvalue weighted by atomic mass is 28.3. The smallest absolute Gasteiger partial charge is 0.240 e. The average Bonchev–Trinajstić information content (AvgIpc) is 0.704. The number of nitrogens with zero attached hydrogens (tertiary/aromatic N) is 1. The number of anilines is 3. The molecule has 90 heavy (non-hydrogen) atoms. The van der Waals surface area contributed by atoms with Crippen molar-refractivity contribution in [3.05, 3.63) is 310 Å². The maximum absolute atomic E-state index is 2.62. The predicted octanol–water partition coefficient (Wildman–Crippen LogP) is 16.2. The van der Waals surface area contributed by atoms with E-state index in [0.29, 0.717) is 35.5 Å². The van der Waals surface area contributed by atoms with Gasteiger partial charge in [0.25, 0.3) is 0 Å². The first-order valence-electron chi connectivity index (χ1n) is 33.5. The van der Waals surface area contributed by atoms with Crippen molar-refractivity contribution in [3.63, 3.8) is 0 Å². The third kappa shape index (κ3) is 10.4. The maximum Gasteiger partial charge on any atom is 0.240 e. The Balaban J connectivity index is 1.01. The Kier molecular flexibility index (Phi) is 16.6. The van der Waals surface area contributed by atoms with E-state index in [1.807, 2.05) is 0 Å². The van der Waals surface area contributed by atoms with E-state index in [1.165, 1.54) is 132 Å². The van der Waals surface area contributed by atoms with Crippen LogP contribution in [0.25, 0.3) is 11.1 Å². The SMILES string of the molecule is Cc1ccccc1C1(c2ccccc2[SiH](c2ccccc2)c2ccccc2)c2ccccc2N(c2ccc(-c3ccc4c(c3)B(c3c(C(C)C)cc(C(C)C)cc3C(C)C)c3ccccc3B4c3c(C(C)C)cc(C(C)C)cc3C(C)C)cc2)c2ccccc21. The average molecular weight is 1180 g/mol. The van der Waals surface area contributed by atoms with Crippen LogP contribution in [0.1, 0.15) is 180 Å². The summed E-state index contributed by atoms with van der Waals surface area (Å²) >= 11 is 0. The Morgan fingerprint density at radius 1 is 0.322 bits per heavy atom. The lowest BCUT2D eigenvalue weighted by atomic mass is 9.20. The summed E-state index contributed by atoms with van der Waals surface area (Å²) in [6.07, 6.45) is 0. The number of fused-ring (bicyclic) bond motifs is 4. The first-order valence-corrected chi connectivity index (χ1v) is 35.2. The molecule has 0 saturated carbocycles. The molecule has 0 unspecified atom stereocenters. The number of hydrogen-bond acceptors (Lipinski definition) is 1. The third-order valence-electron chi connectivity index (χ3n) is 20.3. The van der Waals surface area contributed by atoms with Gasteiger partial charge in [0.1, 0.15) is 8.80 Å². The van der Waals surface area contributed by atoms with E-state index < -0.39 is 14.2 Å². The number of hydrogen-bond donors (Lipinski definition) is 0. The highest BCUT2D eigenvalue weighted by Crippen LogP contribution is 2.58. The Labute approximate surface area is 541 Å². The summed E-state index contributed by atoms with van der Waals surface area (Å²) in [6.45, 7) is 31.2. The summed E-state index contributed by atoms with van der Waals surface area (Å²) in [5.74, 6) is 2.25. The van der Waals surface area contributed by atoms with Crippen molar-refractivity contribution in [2.75, 3.05) is 4.90 Å². The van der Waals surface area contributed by atoms with E-state index >= 15 is 0 Å². The van der Waals surface area contributed by atoms with Gasteiger partial charge in [0.05, 0.1) is 16.8 Å². The Bertz CT molecular complexity index is 4280. The monoisotopic (exact) mass is 1180 g/mol. The summed E-state index contributed by atoms with van der Waals surface area (Å²) in [5.41, 5.74) is 29.3. The van der Waals surface area contributed by atoms with Gasteiger partial charge in [-0.1, -0.05) is 351 Å². The van der Waals surface area contributed by atoms with Crippen LogP contribution in [0.3, 0.4) is 0 Å². The van der Waals surface area contributed by atoms with Crippen LogP contribution in [0.2, 0.25) is 0 Å². The van der Waals surface area contributed by atoms with Crippen LogP contribution in [0, 0.1) is 6.92 Å². The molecule has 0 bridgehead atoms. The summed E-state index contributed by atoms with van der Waals surface area (Å²) in [7, 11) is -2.06. The first-order chi connectivity index (χ1) is 43.6. The minimum Gasteiger partial charge on any atom is -0.310 e. The Hall–Kier alpha value is -8.43. The molecule has 2 aliphatic heterocycles. The third-order valence-corrected chi connectivity index (χ3v) is 23.5. The van der Waals surface area contributed by atoms with Gasteiger partial charge in [0.2, 0.25) is 13.4 Å². The molecule has 0 saturated heterocycles. The second-order valence-corrected chi connectivity index (χ2v) is 30.6. The molecule has 1 nitrogen and oxygen atoms in total. The predicted molar refractivity (Wildman–Crippen MR) is 395 cm³/mol. The topological polar surface area (TPSA) is 3.24 Å². The minimum absolute atomic E-state index is 0.0426. The first kappa shape index (κ1) is 60.5. The number of benzene rings is 11. The molecule has 0 N–H and O–H groups in total. The van der Waals surface area contributed by atoms with Gasteiger partial charge >= 0.3 is 0 Å². The van der Waals surface area contributed by atoms with Crippen LogP contribution in [0.5, 0.6) is 0 Å². The molecule has 0 amide bonds. The zero-order valence-electron chi connectivity index (χ0n) is 55.3. The Morgan fingerprint density at radius 2 is 0.700 bits per heavy atom. The fraction of sp³-hybridized carbons (Fsp3) is 0.233. The van der Waals surface area contributed by atoms with Crippen LogP contribution >= 0.6 is 0 Å². The minimum atomic E-state index is -2.06. The molecule has 2 heterocycles. The largest absolute Gasteiger partial charge is 0.310 e. The van der Waals surface area contributed by atoms with E-state index in [-0.39, 0.29) is 13.4 Å². The Morgan fingerprint density at radius 3 is 1.16 bits per heavy atom. The van der Waals surface area contributed by atoms with Crippen molar-refractivity contribution in [2.45, 2.75) is 131 Å². The van der Waals surface area contributed by atoms with Gasteiger partial charge in [-0.3, -0.25) is 0 Å². The van der Waals surface area contributed by atoms with Crippen LogP contribution in [-0.4, -0.2) is 22.2 Å². The van der Waals surface area contributed by atoms with E-state index in [0.717, 1.165) is 5.69 Å². The van der Waals surface area contributed by atoms with E-state index in [1.54, 1.807) is 0 Å².